The van der Waals surface area contributed by atoms with Crippen LogP contribution in [0.4, 0.5) is 13.2 Å². The minimum absolute atomic E-state index is 0.0937. The van der Waals surface area contributed by atoms with E-state index in [1.165, 1.54) is 0 Å². The van der Waals surface area contributed by atoms with Crippen molar-refractivity contribution in [3.8, 4) is 0 Å². The lowest BCUT2D eigenvalue weighted by Gasteiger charge is -2.02. The molecule has 0 amide bonds. The molecule has 1 aromatic heterocycles. The van der Waals surface area contributed by atoms with Crippen molar-refractivity contribution in [1.82, 2.24) is 10.2 Å². The Bertz CT molecular complexity index is 306. The van der Waals surface area contributed by atoms with Gasteiger partial charge in [0.1, 0.15) is 4.60 Å². The Balaban J connectivity index is 3.25. The zero-order valence-corrected chi connectivity index (χ0v) is 7.03. The topological polar surface area (TPSA) is 45.8 Å². The molecule has 0 radical (unpaired) electrons. The van der Waals surface area contributed by atoms with E-state index in [2.05, 4.69) is 21.0 Å². The number of rotatable bonds is 1. The van der Waals surface area contributed by atoms with E-state index in [1.807, 2.05) is 0 Å². The van der Waals surface area contributed by atoms with Gasteiger partial charge < -0.3 is 0 Å². The van der Waals surface area contributed by atoms with Gasteiger partial charge in [-0.3, -0.25) is 9.89 Å². The third-order valence-electron chi connectivity index (χ3n) is 1.16. The second-order valence-corrected chi connectivity index (χ2v) is 2.67. The summed E-state index contributed by atoms with van der Waals surface area (Å²) in [4.78, 5) is 10.2. The van der Waals surface area contributed by atoms with E-state index in [-0.39, 0.29) is 10.9 Å². The number of carbonyl (C=O) groups is 1. The minimum Gasteiger partial charge on any atom is -0.298 e. The molecule has 1 heterocycles. The molecule has 0 fully saturated rings. The number of alkyl halides is 3. The lowest BCUT2D eigenvalue weighted by molar-refractivity contribution is -0.141. The molecule has 66 valence electrons. The first kappa shape index (κ1) is 9.24. The van der Waals surface area contributed by atoms with Gasteiger partial charge in [0.25, 0.3) is 0 Å². The molecule has 0 aromatic carbocycles. The number of carbonyl (C=O) groups excluding carboxylic acids is 1. The van der Waals surface area contributed by atoms with Gasteiger partial charge in [-0.05, 0) is 15.9 Å². The molecule has 0 saturated carbocycles. The summed E-state index contributed by atoms with van der Waals surface area (Å²) in [5, 5.41) is 4.91. The monoisotopic (exact) mass is 242 g/mol. The van der Waals surface area contributed by atoms with Crippen molar-refractivity contribution in [3.63, 3.8) is 0 Å². The number of hydrogen-bond acceptors (Lipinski definition) is 2. The highest BCUT2D eigenvalue weighted by atomic mass is 79.9. The summed E-state index contributed by atoms with van der Waals surface area (Å²) < 4.78 is 35.9. The molecule has 0 atom stereocenters. The van der Waals surface area contributed by atoms with Crippen molar-refractivity contribution < 1.29 is 18.0 Å². The molecule has 1 aromatic rings. The van der Waals surface area contributed by atoms with Gasteiger partial charge in [-0.2, -0.15) is 18.3 Å². The first-order valence-corrected chi connectivity index (χ1v) is 3.52. The fraction of sp³-hybridized carbons (Fsp3) is 0.200. The molecule has 0 saturated heterocycles. The van der Waals surface area contributed by atoms with Crippen molar-refractivity contribution in [2.45, 2.75) is 6.18 Å². The maximum atomic E-state index is 12.0. The second kappa shape index (κ2) is 2.89. The number of hydrogen-bond donors (Lipinski definition) is 1. The second-order valence-electron chi connectivity index (χ2n) is 1.92. The van der Waals surface area contributed by atoms with Crippen LogP contribution in [-0.2, 0) is 6.18 Å². The standard InChI is InChI=1S/C5H2BrF3N2O/c6-4-2(1-12)3(10-11-4)5(7,8)9/h1H,(H,10,11). The van der Waals surface area contributed by atoms with E-state index < -0.39 is 17.4 Å². The number of nitrogens with one attached hydrogen (secondary N) is 1. The molecule has 1 rings (SSSR count). The molecule has 0 aliphatic rings. The van der Waals surface area contributed by atoms with Crippen LogP contribution in [0.15, 0.2) is 4.60 Å². The normalized spacial score (nSPS) is 11.7. The Morgan fingerprint density at radius 3 is 2.42 bits per heavy atom. The first-order chi connectivity index (χ1) is 5.46. The summed E-state index contributed by atoms with van der Waals surface area (Å²) in [6, 6.07) is 0. The highest BCUT2D eigenvalue weighted by Crippen LogP contribution is 2.31. The van der Waals surface area contributed by atoms with Crippen molar-refractivity contribution in [1.29, 1.82) is 0 Å². The zero-order chi connectivity index (χ0) is 9.35. The molecule has 0 aliphatic heterocycles. The summed E-state index contributed by atoms with van der Waals surface area (Å²) >= 11 is 2.70. The van der Waals surface area contributed by atoms with Crippen LogP contribution in [0, 0.1) is 0 Å². The maximum Gasteiger partial charge on any atom is 0.433 e. The maximum absolute atomic E-state index is 12.0. The summed E-state index contributed by atoms with van der Waals surface area (Å²) in [5.74, 6) is 0. The van der Waals surface area contributed by atoms with Gasteiger partial charge in [-0.1, -0.05) is 0 Å². The van der Waals surface area contributed by atoms with E-state index in [4.69, 9.17) is 0 Å². The third kappa shape index (κ3) is 1.50. The van der Waals surface area contributed by atoms with Crippen LogP contribution < -0.4 is 0 Å². The summed E-state index contributed by atoms with van der Waals surface area (Å²) in [7, 11) is 0. The third-order valence-corrected chi connectivity index (χ3v) is 1.76. The van der Waals surface area contributed by atoms with Crippen LogP contribution in [-0.4, -0.2) is 16.5 Å². The van der Waals surface area contributed by atoms with Gasteiger partial charge in [-0.25, -0.2) is 0 Å². The number of halogens is 4. The molecular weight excluding hydrogens is 241 g/mol. The average Bonchev–Trinajstić information content (AvgIpc) is 2.29. The number of aromatic amines is 1. The Kier molecular flexibility index (Phi) is 2.22. The highest BCUT2D eigenvalue weighted by molar-refractivity contribution is 9.10. The van der Waals surface area contributed by atoms with E-state index in [0.717, 1.165) is 0 Å². The molecule has 0 unspecified atom stereocenters. The van der Waals surface area contributed by atoms with Crippen molar-refractivity contribution in [3.05, 3.63) is 15.9 Å². The SMILES string of the molecule is O=Cc1c(Br)n[nH]c1C(F)(F)F. The van der Waals surface area contributed by atoms with Crippen LogP contribution in [0.25, 0.3) is 0 Å². The van der Waals surface area contributed by atoms with Crippen LogP contribution in [0.2, 0.25) is 0 Å². The quantitative estimate of drug-likeness (QED) is 0.766. The molecule has 7 heteroatoms. The predicted molar refractivity (Wildman–Crippen MR) is 36.7 cm³/mol. The van der Waals surface area contributed by atoms with Crippen molar-refractivity contribution in [2.24, 2.45) is 0 Å². The van der Waals surface area contributed by atoms with Crippen LogP contribution in [0.1, 0.15) is 16.1 Å². The summed E-state index contributed by atoms with van der Waals surface area (Å²) in [5.41, 5.74) is -1.65. The van der Waals surface area contributed by atoms with Gasteiger partial charge in [0.2, 0.25) is 0 Å². The van der Waals surface area contributed by atoms with Crippen molar-refractivity contribution >= 4 is 22.2 Å². The fourth-order valence-electron chi connectivity index (χ4n) is 0.652. The fourth-order valence-corrected chi connectivity index (χ4v) is 1.03. The number of aromatic nitrogens is 2. The Hall–Kier alpha value is -0.850. The molecule has 1 N–H and O–H groups in total. The zero-order valence-electron chi connectivity index (χ0n) is 5.44. The number of H-pyrrole nitrogens is 1. The van der Waals surface area contributed by atoms with E-state index in [9.17, 15) is 18.0 Å². The van der Waals surface area contributed by atoms with Gasteiger partial charge in [-0.15, -0.1) is 0 Å². The summed E-state index contributed by atoms with van der Waals surface area (Å²) in [6.45, 7) is 0. The highest BCUT2D eigenvalue weighted by Gasteiger charge is 2.36. The number of aldehydes is 1. The Morgan fingerprint density at radius 1 is 1.50 bits per heavy atom. The predicted octanol–water partition coefficient (Wildman–Crippen LogP) is 2.00. The Labute approximate surface area is 73.1 Å². The van der Waals surface area contributed by atoms with E-state index >= 15 is 0 Å². The van der Waals surface area contributed by atoms with E-state index in [1.54, 1.807) is 5.10 Å². The minimum atomic E-state index is -4.57. The van der Waals surface area contributed by atoms with Gasteiger partial charge >= 0.3 is 6.18 Å². The van der Waals surface area contributed by atoms with Crippen LogP contribution in [0.3, 0.4) is 0 Å². The van der Waals surface area contributed by atoms with Crippen LogP contribution >= 0.6 is 15.9 Å². The molecule has 0 bridgehead atoms. The van der Waals surface area contributed by atoms with Gasteiger partial charge in [0, 0.05) is 0 Å². The van der Waals surface area contributed by atoms with Crippen LogP contribution in [0.5, 0.6) is 0 Å². The molecule has 0 aliphatic carbocycles. The van der Waals surface area contributed by atoms with Gasteiger partial charge in [0.05, 0.1) is 5.56 Å². The molecule has 12 heavy (non-hydrogen) atoms. The first-order valence-electron chi connectivity index (χ1n) is 2.73. The Morgan fingerprint density at radius 2 is 2.08 bits per heavy atom. The lowest BCUT2D eigenvalue weighted by atomic mass is 10.3. The molecule has 3 nitrogen and oxygen atoms in total. The smallest absolute Gasteiger partial charge is 0.298 e. The average molecular weight is 243 g/mol. The van der Waals surface area contributed by atoms with Gasteiger partial charge in [0.15, 0.2) is 12.0 Å². The molecular formula is C5H2BrF3N2O. The molecule has 0 spiro atoms. The number of nitrogens with zero attached hydrogens (tertiary/aromatic N) is 1. The summed E-state index contributed by atoms with van der Waals surface area (Å²) in [6.07, 6.45) is -4.48. The largest absolute Gasteiger partial charge is 0.433 e. The van der Waals surface area contributed by atoms with E-state index in [0.29, 0.717) is 0 Å². The lowest BCUT2D eigenvalue weighted by Crippen LogP contribution is -2.08. The van der Waals surface area contributed by atoms with Crippen molar-refractivity contribution in [2.75, 3.05) is 0 Å².